The lowest BCUT2D eigenvalue weighted by molar-refractivity contribution is -0.126. The van der Waals surface area contributed by atoms with Crippen molar-refractivity contribution < 1.29 is 9.59 Å². The van der Waals surface area contributed by atoms with Gasteiger partial charge in [-0.1, -0.05) is 39.0 Å². The van der Waals surface area contributed by atoms with E-state index in [2.05, 4.69) is 26.1 Å². The van der Waals surface area contributed by atoms with E-state index in [0.717, 1.165) is 5.56 Å². The molecule has 1 N–H and O–H groups in total. The van der Waals surface area contributed by atoms with Crippen LogP contribution < -0.4 is 5.32 Å². The first-order chi connectivity index (χ1) is 11.4. The highest BCUT2D eigenvalue weighted by Gasteiger charge is 2.47. The Morgan fingerprint density at radius 1 is 1.12 bits per heavy atom. The molecule has 1 aromatic rings. The van der Waals surface area contributed by atoms with Crippen LogP contribution >= 0.6 is 11.8 Å². The van der Waals surface area contributed by atoms with Crippen molar-refractivity contribution in [2.24, 2.45) is 5.41 Å². The summed E-state index contributed by atoms with van der Waals surface area (Å²) in [5.41, 5.74) is 1.18. The molecule has 0 aliphatic carbocycles. The molecule has 1 saturated heterocycles. The summed E-state index contributed by atoms with van der Waals surface area (Å²) < 4.78 is 0. The molecule has 0 aromatic heterocycles. The maximum Gasteiger partial charge on any atom is 0.255 e. The Kier molecular flexibility index (Phi) is 5.57. The van der Waals surface area contributed by atoms with E-state index in [1.807, 2.05) is 52.0 Å². The monoisotopic (exact) mass is 362 g/mol. The van der Waals surface area contributed by atoms with Gasteiger partial charge in [0.25, 0.3) is 5.91 Å². The second kappa shape index (κ2) is 7.02. The Balaban J connectivity index is 2.39. The molecule has 0 bridgehead atoms. The molecule has 1 fully saturated rings. The van der Waals surface area contributed by atoms with Crippen LogP contribution in [0.2, 0.25) is 0 Å². The predicted octanol–water partition coefficient (Wildman–Crippen LogP) is 3.84. The van der Waals surface area contributed by atoms with Crippen LogP contribution in [0.15, 0.2) is 24.3 Å². The maximum atomic E-state index is 13.3. The van der Waals surface area contributed by atoms with E-state index in [1.165, 1.54) is 0 Å². The molecule has 1 heterocycles. The van der Waals surface area contributed by atoms with E-state index in [1.54, 1.807) is 16.7 Å². The Morgan fingerprint density at radius 2 is 1.72 bits per heavy atom. The minimum Gasteiger partial charge on any atom is -0.350 e. The summed E-state index contributed by atoms with van der Waals surface area (Å²) in [6.45, 7) is 14.2. The van der Waals surface area contributed by atoms with E-state index in [4.69, 9.17) is 0 Å². The van der Waals surface area contributed by atoms with Crippen LogP contribution in [0.5, 0.6) is 0 Å². The highest BCUT2D eigenvalue weighted by molar-refractivity contribution is 8.00. The number of amides is 2. The van der Waals surface area contributed by atoms with Gasteiger partial charge < -0.3 is 10.2 Å². The number of carbonyl (C=O) groups excluding carboxylic acids is 2. The van der Waals surface area contributed by atoms with Gasteiger partial charge in [-0.15, -0.1) is 11.8 Å². The lowest BCUT2D eigenvalue weighted by atomic mass is 9.93. The zero-order valence-corrected chi connectivity index (χ0v) is 17.2. The fraction of sp³-hybridized carbons (Fsp3) is 0.600. The molecule has 0 spiro atoms. The van der Waals surface area contributed by atoms with Crippen molar-refractivity contribution in [3.8, 4) is 0 Å². The molecule has 2 amide bonds. The molecular weight excluding hydrogens is 332 g/mol. The number of carbonyl (C=O) groups is 2. The van der Waals surface area contributed by atoms with E-state index in [0.29, 0.717) is 11.3 Å². The number of benzene rings is 1. The second-order valence-electron chi connectivity index (χ2n) is 8.83. The lowest BCUT2D eigenvalue weighted by Gasteiger charge is -2.37. The van der Waals surface area contributed by atoms with Gasteiger partial charge in [0.1, 0.15) is 6.04 Å². The zero-order valence-electron chi connectivity index (χ0n) is 16.3. The SMILES string of the molecule is Cc1ccccc1C(=O)N1C(C(=O)NC(C)(C)C)CSC1C(C)(C)C. The van der Waals surface area contributed by atoms with E-state index < -0.39 is 6.04 Å². The number of aryl methyl sites for hydroxylation is 1. The molecule has 5 heteroatoms. The number of hydrogen-bond donors (Lipinski definition) is 1. The summed E-state index contributed by atoms with van der Waals surface area (Å²) in [5.74, 6) is 0.493. The second-order valence-corrected chi connectivity index (χ2v) is 9.95. The molecule has 1 aliphatic rings. The van der Waals surface area contributed by atoms with Gasteiger partial charge in [-0.3, -0.25) is 9.59 Å². The molecule has 25 heavy (non-hydrogen) atoms. The third-order valence-electron chi connectivity index (χ3n) is 4.15. The standard InChI is InChI=1S/C20H30N2O2S/c1-13-10-8-9-11-14(13)17(24)22-15(16(23)21-20(5,6)7)12-25-18(22)19(2,3)4/h8-11,15,18H,12H2,1-7H3,(H,21,23). The molecule has 2 atom stereocenters. The number of thioether (sulfide) groups is 1. The molecule has 138 valence electrons. The summed E-state index contributed by atoms with van der Waals surface area (Å²) in [7, 11) is 0. The van der Waals surface area contributed by atoms with Crippen LogP contribution in [0.4, 0.5) is 0 Å². The average Bonchev–Trinajstić information content (AvgIpc) is 2.90. The van der Waals surface area contributed by atoms with Gasteiger partial charge in [-0.2, -0.15) is 0 Å². The fourth-order valence-corrected chi connectivity index (χ4v) is 4.61. The number of nitrogens with one attached hydrogen (secondary N) is 1. The van der Waals surface area contributed by atoms with Crippen molar-refractivity contribution in [2.75, 3.05) is 5.75 Å². The van der Waals surface area contributed by atoms with Gasteiger partial charge in [0.2, 0.25) is 5.91 Å². The first-order valence-corrected chi connectivity index (χ1v) is 9.78. The Bertz CT molecular complexity index is 658. The van der Waals surface area contributed by atoms with Crippen LogP contribution in [0.3, 0.4) is 0 Å². The number of rotatable bonds is 2. The van der Waals surface area contributed by atoms with Gasteiger partial charge in [0, 0.05) is 16.9 Å². The van der Waals surface area contributed by atoms with Crippen molar-refractivity contribution in [3.63, 3.8) is 0 Å². The van der Waals surface area contributed by atoms with Crippen molar-refractivity contribution in [1.82, 2.24) is 10.2 Å². The minimum absolute atomic E-state index is 0.0321. The molecule has 1 aromatic carbocycles. The largest absolute Gasteiger partial charge is 0.350 e. The smallest absolute Gasteiger partial charge is 0.255 e. The number of nitrogens with zero attached hydrogens (tertiary/aromatic N) is 1. The highest BCUT2D eigenvalue weighted by atomic mass is 32.2. The van der Waals surface area contributed by atoms with Crippen LogP contribution in [0, 0.1) is 12.3 Å². The topological polar surface area (TPSA) is 49.4 Å². The van der Waals surface area contributed by atoms with Gasteiger partial charge in [0.15, 0.2) is 0 Å². The normalized spacial score (nSPS) is 21.3. The Hall–Kier alpha value is -1.49. The summed E-state index contributed by atoms with van der Waals surface area (Å²) in [5, 5.41) is 3.01. The van der Waals surface area contributed by atoms with Crippen molar-refractivity contribution >= 4 is 23.6 Å². The summed E-state index contributed by atoms with van der Waals surface area (Å²) in [4.78, 5) is 28.0. The number of hydrogen-bond acceptors (Lipinski definition) is 3. The minimum atomic E-state index is -0.444. The van der Waals surface area contributed by atoms with Crippen molar-refractivity contribution in [2.45, 2.75) is 65.4 Å². The summed E-state index contributed by atoms with van der Waals surface area (Å²) in [6, 6.07) is 7.14. The average molecular weight is 363 g/mol. The lowest BCUT2D eigenvalue weighted by Crippen LogP contribution is -2.55. The van der Waals surface area contributed by atoms with E-state index in [9.17, 15) is 9.59 Å². The van der Waals surface area contributed by atoms with E-state index >= 15 is 0 Å². The first kappa shape index (κ1) is 19.8. The maximum absolute atomic E-state index is 13.3. The molecule has 0 radical (unpaired) electrons. The summed E-state index contributed by atoms with van der Waals surface area (Å²) in [6.07, 6.45) is 0. The van der Waals surface area contributed by atoms with Crippen LogP contribution in [0.1, 0.15) is 57.5 Å². The fourth-order valence-electron chi connectivity index (χ4n) is 3.03. The summed E-state index contributed by atoms with van der Waals surface area (Å²) >= 11 is 1.69. The van der Waals surface area contributed by atoms with Gasteiger partial charge >= 0.3 is 0 Å². The molecule has 2 unspecified atom stereocenters. The highest BCUT2D eigenvalue weighted by Crippen LogP contribution is 2.41. The first-order valence-electron chi connectivity index (χ1n) is 8.74. The quantitative estimate of drug-likeness (QED) is 0.870. The van der Waals surface area contributed by atoms with Crippen LogP contribution in [-0.2, 0) is 4.79 Å². The van der Waals surface area contributed by atoms with Gasteiger partial charge in [-0.25, -0.2) is 0 Å². The Labute approximate surface area is 155 Å². The molecule has 2 rings (SSSR count). The molecule has 1 aliphatic heterocycles. The van der Waals surface area contributed by atoms with Crippen molar-refractivity contribution in [3.05, 3.63) is 35.4 Å². The Morgan fingerprint density at radius 3 is 2.24 bits per heavy atom. The van der Waals surface area contributed by atoms with Crippen LogP contribution in [-0.4, -0.2) is 39.4 Å². The predicted molar refractivity (Wildman–Crippen MR) is 105 cm³/mol. The van der Waals surface area contributed by atoms with Gasteiger partial charge in [0.05, 0.1) is 5.37 Å². The van der Waals surface area contributed by atoms with Crippen LogP contribution in [0.25, 0.3) is 0 Å². The van der Waals surface area contributed by atoms with Gasteiger partial charge in [-0.05, 0) is 44.7 Å². The van der Waals surface area contributed by atoms with E-state index in [-0.39, 0.29) is 28.1 Å². The molecular formula is C20H30N2O2S. The third kappa shape index (κ3) is 4.57. The van der Waals surface area contributed by atoms with Crippen molar-refractivity contribution in [1.29, 1.82) is 0 Å². The third-order valence-corrected chi connectivity index (χ3v) is 5.91. The molecule has 4 nitrogen and oxygen atoms in total. The zero-order chi connectivity index (χ0) is 19.0. The molecule has 0 saturated carbocycles.